The van der Waals surface area contributed by atoms with Crippen molar-refractivity contribution in [2.45, 2.75) is 19.8 Å². The van der Waals surface area contributed by atoms with Gasteiger partial charge >= 0.3 is 0 Å². The van der Waals surface area contributed by atoms with E-state index in [1.165, 1.54) is 11.8 Å². The molecule has 1 aromatic carbocycles. The highest BCUT2D eigenvalue weighted by Crippen LogP contribution is 2.33. The van der Waals surface area contributed by atoms with Crippen LogP contribution in [0.25, 0.3) is 11.4 Å². The number of nitrogens with one attached hydrogen (secondary N) is 2. The van der Waals surface area contributed by atoms with Crippen molar-refractivity contribution in [3.8, 4) is 11.4 Å². The van der Waals surface area contributed by atoms with Crippen LogP contribution in [0.2, 0.25) is 0 Å². The summed E-state index contributed by atoms with van der Waals surface area (Å²) < 4.78 is 0. The highest BCUT2D eigenvalue weighted by atomic mass is 32.1. The normalized spacial score (nSPS) is 12.2. The van der Waals surface area contributed by atoms with E-state index in [-0.39, 0.29) is 5.91 Å². The maximum atomic E-state index is 11.2. The van der Waals surface area contributed by atoms with Crippen LogP contribution in [0.4, 0.5) is 17.3 Å². The van der Waals surface area contributed by atoms with Crippen LogP contribution in [0.15, 0.2) is 36.0 Å². The number of benzene rings is 1. The van der Waals surface area contributed by atoms with Gasteiger partial charge in [-0.05, 0) is 36.6 Å². The smallest absolute Gasteiger partial charge is 0.227 e. The monoisotopic (exact) mass is 337 g/mol. The lowest BCUT2D eigenvalue weighted by Gasteiger charge is -2.15. The minimum atomic E-state index is -0.103. The van der Waals surface area contributed by atoms with Crippen molar-refractivity contribution in [3.05, 3.63) is 46.4 Å². The van der Waals surface area contributed by atoms with Gasteiger partial charge in [0.1, 0.15) is 5.69 Å². The van der Waals surface area contributed by atoms with E-state index in [2.05, 4.69) is 25.6 Å². The third-order valence-electron chi connectivity index (χ3n) is 3.79. The van der Waals surface area contributed by atoms with Gasteiger partial charge in [0.15, 0.2) is 0 Å². The number of hydrogen-bond acceptors (Lipinski definition) is 6. The minimum absolute atomic E-state index is 0.103. The molecule has 0 aliphatic heterocycles. The molecule has 2 aromatic heterocycles. The Morgan fingerprint density at radius 2 is 2.04 bits per heavy atom. The zero-order valence-electron chi connectivity index (χ0n) is 13.0. The lowest BCUT2D eigenvalue weighted by molar-refractivity contribution is -0.114. The maximum absolute atomic E-state index is 11.2. The van der Waals surface area contributed by atoms with Gasteiger partial charge < -0.3 is 10.6 Å². The number of anilines is 3. The van der Waals surface area contributed by atoms with E-state index < -0.39 is 0 Å². The van der Waals surface area contributed by atoms with E-state index in [4.69, 9.17) is 0 Å². The molecule has 24 heavy (non-hydrogen) atoms. The summed E-state index contributed by atoms with van der Waals surface area (Å²) in [4.78, 5) is 25.9. The van der Waals surface area contributed by atoms with Gasteiger partial charge in [-0.1, -0.05) is 6.07 Å². The van der Waals surface area contributed by atoms with Gasteiger partial charge in [0.2, 0.25) is 11.9 Å². The Balaban J connectivity index is 1.63. The number of hydrogen-bond donors (Lipinski definition) is 2. The van der Waals surface area contributed by atoms with Crippen molar-refractivity contribution in [3.63, 3.8) is 0 Å². The Morgan fingerprint density at radius 3 is 2.92 bits per heavy atom. The van der Waals surface area contributed by atoms with Crippen molar-refractivity contribution < 1.29 is 4.79 Å². The summed E-state index contributed by atoms with van der Waals surface area (Å²) in [6.07, 6.45) is 3.81. The molecule has 6 nitrogen and oxygen atoms in total. The fourth-order valence-electron chi connectivity index (χ4n) is 2.75. The van der Waals surface area contributed by atoms with Crippen molar-refractivity contribution in [1.29, 1.82) is 0 Å². The SMILES string of the molecule is CC(=O)Nc1cccc(Nc2ncc3c(n2)-c2ncsc2CC3)c1. The van der Waals surface area contributed by atoms with E-state index in [9.17, 15) is 4.79 Å². The molecular formula is C17H15N5OS. The van der Waals surface area contributed by atoms with E-state index in [1.54, 1.807) is 11.3 Å². The fraction of sp³-hybridized carbons (Fsp3) is 0.176. The lowest BCUT2D eigenvalue weighted by atomic mass is 10.00. The van der Waals surface area contributed by atoms with E-state index in [1.807, 2.05) is 36.0 Å². The van der Waals surface area contributed by atoms with E-state index in [0.717, 1.165) is 41.2 Å². The van der Waals surface area contributed by atoms with Crippen LogP contribution in [-0.2, 0) is 17.6 Å². The molecule has 1 aliphatic rings. The van der Waals surface area contributed by atoms with Crippen LogP contribution in [0, 0.1) is 0 Å². The first-order chi connectivity index (χ1) is 11.7. The highest BCUT2D eigenvalue weighted by Gasteiger charge is 2.21. The largest absolute Gasteiger partial charge is 0.326 e. The second kappa shape index (κ2) is 6.01. The number of fused-ring (bicyclic) bond motifs is 3. The molecule has 0 radical (unpaired) electrons. The molecule has 120 valence electrons. The summed E-state index contributed by atoms with van der Waals surface area (Å²) in [5, 5.41) is 5.95. The molecule has 0 saturated heterocycles. The van der Waals surface area contributed by atoms with Gasteiger partial charge in [0, 0.05) is 29.4 Å². The minimum Gasteiger partial charge on any atom is -0.326 e. The van der Waals surface area contributed by atoms with Crippen LogP contribution in [0.3, 0.4) is 0 Å². The predicted octanol–water partition coefficient (Wildman–Crippen LogP) is 3.40. The quantitative estimate of drug-likeness (QED) is 0.766. The van der Waals surface area contributed by atoms with E-state index >= 15 is 0 Å². The third kappa shape index (κ3) is 2.85. The van der Waals surface area contributed by atoms with Crippen molar-refractivity contribution in [2.24, 2.45) is 0 Å². The average molecular weight is 337 g/mol. The van der Waals surface area contributed by atoms with Gasteiger partial charge in [0.05, 0.1) is 11.2 Å². The summed E-state index contributed by atoms with van der Waals surface area (Å²) in [5.41, 5.74) is 6.42. The van der Waals surface area contributed by atoms with Gasteiger partial charge in [-0.15, -0.1) is 11.3 Å². The Labute approximate surface area is 143 Å². The highest BCUT2D eigenvalue weighted by molar-refractivity contribution is 7.10. The molecule has 3 aromatic rings. The summed E-state index contributed by atoms with van der Waals surface area (Å²) in [5.74, 6) is 0.419. The zero-order valence-corrected chi connectivity index (χ0v) is 13.9. The first kappa shape index (κ1) is 14.8. The zero-order chi connectivity index (χ0) is 16.5. The molecule has 0 bridgehead atoms. The van der Waals surface area contributed by atoms with Gasteiger partial charge in [-0.2, -0.15) is 0 Å². The van der Waals surface area contributed by atoms with Gasteiger partial charge in [0.25, 0.3) is 0 Å². The standard InChI is InChI=1S/C17H15N5OS/c1-10(23)20-12-3-2-4-13(7-12)21-17-18-8-11-5-6-14-16(15(11)22-17)19-9-24-14/h2-4,7-9H,5-6H2,1H3,(H,20,23)(H,18,21,22). The number of aryl methyl sites for hydroxylation is 2. The molecular weight excluding hydrogens is 322 g/mol. The molecule has 1 aliphatic carbocycles. The Morgan fingerprint density at radius 1 is 1.17 bits per heavy atom. The molecule has 0 saturated carbocycles. The van der Waals surface area contributed by atoms with Crippen LogP contribution < -0.4 is 10.6 Å². The van der Waals surface area contributed by atoms with Crippen LogP contribution in [0.1, 0.15) is 17.4 Å². The second-order valence-corrected chi connectivity index (χ2v) is 6.52. The molecule has 2 N–H and O–H groups in total. The molecule has 4 rings (SSSR count). The Kier molecular flexibility index (Phi) is 3.70. The predicted molar refractivity (Wildman–Crippen MR) is 94.6 cm³/mol. The first-order valence-corrected chi connectivity index (χ1v) is 8.50. The average Bonchev–Trinajstić information content (AvgIpc) is 3.03. The molecule has 0 fully saturated rings. The number of rotatable bonds is 3. The van der Waals surface area contributed by atoms with Crippen LogP contribution in [0.5, 0.6) is 0 Å². The maximum Gasteiger partial charge on any atom is 0.227 e. The number of nitrogens with zero attached hydrogens (tertiary/aromatic N) is 3. The van der Waals surface area contributed by atoms with Crippen molar-refractivity contribution in [2.75, 3.05) is 10.6 Å². The van der Waals surface area contributed by atoms with Crippen LogP contribution >= 0.6 is 11.3 Å². The summed E-state index contributed by atoms with van der Waals surface area (Å²) in [7, 11) is 0. The fourth-order valence-corrected chi connectivity index (χ4v) is 3.52. The van der Waals surface area contributed by atoms with Crippen molar-refractivity contribution in [1.82, 2.24) is 15.0 Å². The lowest BCUT2D eigenvalue weighted by Crippen LogP contribution is -2.08. The number of amides is 1. The molecule has 7 heteroatoms. The third-order valence-corrected chi connectivity index (χ3v) is 4.68. The van der Waals surface area contributed by atoms with Gasteiger partial charge in [-0.25, -0.2) is 15.0 Å². The Bertz CT molecular complexity index is 921. The first-order valence-electron chi connectivity index (χ1n) is 7.62. The Hall–Kier alpha value is -2.80. The number of carbonyl (C=O) groups excluding carboxylic acids is 1. The topological polar surface area (TPSA) is 79.8 Å². The second-order valence-electron chi connectivity index (χ2n) is 5.58. The number of carbonyl (C=O) groups is 1. The van der Waals surface area contributed by atoms with E-state index in [0.29, 0.717) is 5.95 Å². The molecule has 1 amide bonds. The molecule has 0 spiro atoms. The van der Waals surface area contributed by atoms with Crippen molar-refractivity contribution >= 4 is 34.6 Å². The summed E-state index contributed by atoms with van der Waals surface area (Å²) in [6.45, 7) is 1.48. The van der Waals surface area contributed by atoms with Gasteiger partial charge in [-0.3, -0.25) is 4.79 Å². The number of aromatic nitrogens is 3. The summed E-state index contributed by atoms with van der Waals surface area (Å²) >= 11 is 1.67. The molecule has 2 heterocycles. The summed E-state index contributed by atoms with van der Waals surface area (Å²) in [6, 6.07) is 7.45. The number of thiazole rings is 1. The molecule has 0 atom stereocenters. The molecule has 0 unspecified atom stereocenters. The van der Waals surface area contributed by atoms with Crippen LogP contribution in [-0.4, -0.2) is 20.9 Å².